The van der Waals surface area contributed by atoms with Crippen LogP contribution in [0.4, 0.5) is 4.79 Å². The van der Waals surface area contributed by atoms with Crippen LogP contribution in [0, 0.1) is 17.8 Å². The van der Waals surface area contributed by atoms with Gasteiger partial charge in [0.05, 0.1) is 0 Å². The molecule has 1 aromatic carbocycles. The van der Waals surface area contributed by atoms with Crippen LogP contribution in [0.2, 0.25) is 0 Å². The number of ether oxygens (including phenoxy) is 1. The Morgan fingerprint density at radius 2 is 1.66 bits per heavy atom. The van der Waals surface area contributed by atoms with Crippen molar-refractivity contribution in [3.63, 3.8) is 0 Å². The zero-order valence-corrected chi connectivity index (χ0v) is 17.1. The molecular weight excluding hydrogens is 366 g/mol. The maximum Gasteiger partial charge on any atom is 0.333 e. The molecule has 6 heteroatoms. The van der Waals surface area contributed by atoms with Crippen molar-refractivity contribution < 1.29 is 14.3 Å². The van der Waals surface area contributed by atoms with Crippen molar-refractivity contribution in [1.29, 1.82) is 0 Å². The van der Waals surface area contributed by atoms with Gasteiger partial charge in [0.25, 0.3) is 5.91 Å². The van der Waals surface area contributed by atoms with Crippen molar-refractivity contribution in [2.75, 3.05) is 0 Å². The predicted octanol–water partition coefficient (Wildman–Crippen LogP) is 3.24. The molecule has 5 aliphatic carbocycles. The minimum atomic E-state index is -0.686. The first-order valence-electron chi connectivity index (χ1n) is 11.1. The van der Waals surface area contributed by atoms with Crippen molar-refractivity contribution >= 4 is 11.9 Å². The molecular formula is C23H31N3O3. The van der Waals surface area contributed by atoms with E-state index in [1.54, 1.807) is 6.92 Å². The summed E-state index contributed by atoms with van der Waals surface area (Å²) in [5, 5.41) is 3.19. The lowest BCUT2D eigenvalue weighted by molar-refractivity contribution is -0.128. The number of hydrazine groups is 1. The second-order valence-electron chi connectivity index (χ2n) is 9.81. The van der Waals surface area contributed by atoms with Gasteiger partial charge in [-0.15, -0.1) is 0 Å². The molecule has 156 valence electrons. The molecule has 4 saturated carbocycles. The fraction of sp³-hybridized carbons (Fsp3) is 0.652. The lowest BCUT2D eigenvalue weighted by Crippen LogP contribution is -2.63. The van der Waals surface area contributed by atoms with Crippen molar-refractivity contribution in [1.82, 2.24) is 16.2 Å². The topological polar surface area (TPSA) is 79.5 Å². The largest absolute Gasteiger partial charge is 0.481 e. The third-order valence-electron chi connectivity index (χ3n) is 7.47. The van der Waals surface area contributed by atoms with Gasteiger partial charge in [0, 0.05) is 5.54 Å². The van der Waals surface area contributed by atoms with E-state index in [0.29, 0.717) is 5.75 Å². The number of amides is 3. The number of nitrogens with one attached hydrogen (secondary N) is 3. The summed E-state index contributed by atoms with van der Waals surface area (Å²) in [6.45, 7) is 1.70. The smallest absolute Gasteiger partial charge is 0.333 e. The molecule has 4 bridgehead atoms. The SMILES string of the molecule is CC(Oc1ccc2c(c1)CCC2)C(=O)NNC(=O)NC12CC3CC(CC(C3)C1)C2. The fourth-order valence-electron chi connectivity index (χ4n) is 6.63. The molecule has 6 rings (SSSR count). The maximum absolute atomic E-state index is 12.5. The maximum atomic E-state index is 12.5. The minimum absolute atomic E-state index is 0.0733. The van der Waals surface area contributed by atoms with Gasteiger partial charge in [-0.1, -0.05) is 6.07 Å². The van der Waals surface area contributed by atoms with Gasteiger partial charge in [-0.05, 0) is 106 Å². The molecule has 1 unspecified atom stereocenters. The number of carbonyl (C=O) groups excluding carboxylic acids is 2. The molecule has 1 aromatic rings. The van der Waals surface area contributed by atoms with Gasteiger partial charge in [0.2, 0.25) is 0 Å². The first-order valence-corrected chi connectivity index (χ1v) is 11.1. The number of carbonyl (C=O) groups is 2. The average molecular weight is 398 g/mol. The van der Waals surface area contributed by atoms with Crippen LogP contribution >= 0.6 is 0 Å². The Balaban J connectivity index is 1.11. The first kappa shape index (κ1) is 18.8. The van der Waals surface area contributed by atoms with Crippen LogP contribution < -0.4 is 20.9 Å². The molecule has 4 fully saturated rings. The normalized spacial score (nSPS) is 32.4. The summed E-state index contributed by atoms with van der Waals surface area (Å²) in [4.78, 5) is 24.8. The first-order chi connectivity index (χ1) is 14.0. The summed E-state index contributed by atoms with van der Waals surface area (Å²) < 4.78 is 5.78. The van der Waals surface area contributed by atoms with E-state index in [1.165, 1.54) is 36.8 Å². The highest BCUT2D eigenvalue weighted by Crippen LogP contribution is 2.55. The van der Waals surface area contributed by atoms with Crippen molar-refractivity contribution in [3.8, 4) is 5.75 Å². The zero-order valence-electron chi connectivity index (χ0n) is 17.1. The van der Waals surface area contributed by atoms with E-state index in [1.807, 2.05) is 12.1 Å². The van der Waals surface area contributed by atoms with Crippen LogP contribution in [-0.2, 0) is 17.6 Å². The van der Waals surface area contributed by atoms with Gasteiger partial charge < -0.3 is 10.1 Å². The minimum Gasteiger partial charge on any atom is -0.481 e. The molecule has 0 spiro atoms. The van der Waals surface area contributed by atoms with Crippen LogP contribution in [-0.4, -0.2) is 23.6 Å². The highest BCUT2D eigenvalue weighted by Gasteiger charge is 2.51. The summed E-state index contributed by atoms with van der Waals surface area (Å²) in [6.07, 6.45) is 9.92. The monoisotopic (exact) mass is 397 g/mol. The lowest BCUT2D eigenvalue weighted by atomic mass is 9.53. The number of rotatable bonds is 4. The Hall–Kier alpha value is -2.24. The molecule has 5 aliphatic rings. The third-order valence-corrected chi connectivity index (χ3v) is 7.47. The van der Waals surface area contributed by atoms with Gasteiger partial charge in [-0.3, -0.25) is 10.2 Å². The van der Waals surface area contributed by atoms with Crippen LogP contribution in [0.5, 0.6) is 5.75 Å². The van der Waals surface area contributed by atoms with Gasteiger partial charge >= 0.3 is 6.03 Å². The summed E-state index contributed by atoms with van der Waals surface area (Å²) in [5.74, 6) is 2.63. The molecule has 3 N–H and O–H groups in total. The number of hydrogen-bond acceptors (Lipinski definition) is 3. The molecule has 0 heterocycles. The molecule has 3 amide bonds. The highest BCUT2D eigenvalue weighted by atomic mass is 16.5. The van der Waals surface area contributed by atoms with E-state index in [2.05, 4.69) is 22.2 Å². The number of urea groups is 1. The Bertz CT molecular complexity index is 786. The summed E-state index contributed by atoms with van der Waals surface area (Å²) in [6, 6.07) is 5.71. The third kappa shape index (κ3) is 3.81. The second-order valence-corrected chi connectivity index (χ2v) is 9.81. The molecule has 29 heavy (non-hydrogen) atoms. The fourth-order valence-corrected chi connectivity index (χ4v) is 6.63. The van der Waals surface area contributed by atoms with E-state index in [0.717, 1.165) is 49.9 Å². The number of hydrogen-bond donors (Lipinski definition) is 3. The number of aryl methyl sites for hydroxylation is 2. The molecule has 6 nitrogen and oxygen atoms in total. The van der Waals surface area contributed by atoms with E-state index >= 15 is 0 Å². The Kier molecular flexibility index (Phi) is 4.67. The zero-order chi connectivity index (χ0) is 20.0. The Morgan fingerprint density at radius 1 is 1.00 bits per heavy atom. The van der Waals surface area contributed by atoms with E-state index in [9.17, 15) is 9.59 Å². The summed E-state index contributed by atoms with van der Waals surface area (Å²) in [7, 11) is 0. The number of fused-ring (bicyclic) bond motifs is 1. The standard InChI is InChI=1S/C23H31N3O3/c1-14(29-20-6-5-18-3-2-4-19(18)10-20)21(27)25-26-22(28)24-23-11-15-7-16(12-23)9-17(8-15)13-23/h5-6,10,14-17H,2-4,7-9,11-13H2,1H3,(H,25,27)(H2,24,26,28). The van der Waals surface area contributed by atoms with Crippen molar-refractivity contribution in [2.24, 2.45) is 17.8 Å². The van der Waals surface area contributed by atoms with Gasteiger partial charge in [-0.25, -0.2) is 10.2 Å². The Labute approximate surface area is 172 Å². The molecule has 0 saturated heterocycles. The molecule has 0 aliphatic heterocycles. The molecule has 0 aromatic heterocycles. The van der Waals surface area contributed by atoms with Gasteiger partial charge in [-0.2, -0.15) is 0 Å². The Morgan fingerprint density at radius 3 is 2.34 bits per heavy atom. The highest BCUT2D eigenvalue weighted by molar-refractivity contribution is 5.84. The van der Waals surface area contributed by atoms with E-state index in [4.69, 9.17) is 4.74 Å². The van der Waals surface area contributed by atoms with Gasteiger partial charge in [0.15, 0.2) is 6.10 Å². The summed E-state index contributed by atoms with van der Waals surface area (Å²) in [5.41, 5.74) is 7.66. The van der Waals surface area contributed by atoms with Gasteiger partial charge in [0.1, 0.15) is 5.75 Å². The van der Waals surface area contributed by atoms with Crippen LogP contribution in [0.15, 0.2) is 18.2 Å². The average Bonchev–Trinajstić information content (AvgIpc) is 3.12. The second kappa shape index (κ2) is 7.22. The lowest BCUT2D eigenvalue weighted by Gasteiger charge is -2.56. The van der Waals surface area contributed by atoms with Crippen LogP contribution in [0.3, 0.4) is 0 Å². The number of benzene rings is 1. The van der Waals surface area contributed by atoms with Crippen LogP contribution in [0.25, 0.3) is 0 Å². The summed E-state index contributed by atoms with van der Waals surface area (Å²) >= 11 is 0. The van der Waals surface area contributed by atoms with E-state index in [-0.39, 0.29) is 17.5 Å². The predicted molar refractivity (Wildman–Crippen MR) is 109 cm³/mol. The quantitative estimate of drug-likeness (QED) is 0.683. The van der Waals surface area contributed by atoms with E-state index < -0.39 is 6.10 Å². The van der Waals surface area contributed by atoms with Crippen molar-refractivity contribution in [2.45, 2.75) is 76.4 Å². The van der Waals surface area contributed by atoms with Crippen LogP contribution in [0.1, 0.15) is 63.0 Å². The molecule has 0 radical (unpaired) electrons. The van der Waals surface area contributed by atoms with Crippen molar-refractivity contribution in [3.05, 3.63) is 29.3 Å². The molecule has 1 atom stereocenters.